The zero-order chi connectivity index (χ0) is 14.1. The summed E-state index contributed by atoms with van der Waals surface area (Å²) in [5, 5.41) is 13.1. The molecule has 0 aliphatic rings. The number of unbranched alkanes of at least 4 members (excludes halogenated alkanes) is 4. The van der Waals surface area contributed by atoms with Gasteiger partial charge in [0.2, 0.25) is 0 Å². The second-order valence-corrected chi connectivity index (χ2v) is 5.92. The van der Waals surface area contributed by atoms with Crippen LogP contribution in [0.4, 0.5) is 5.69 Å². The Morgan fingerprint density at radius 2 is 2.05 bits per heavy atom. The van der Waals surface area contributed by atoms with Crippen molar-refractivity contribution in [3.63, 3.8) is 0 Å². The Labute approximate surface area is 129 Å². The Balaban J connectivity index is 2.39. The van der Waals surface area contributed by atoms with Gasteiger partial charge in [0.25, 0.3) is 0 Å². The molecule has 0 aliphatic carbocycles. The summed E-state index contributed by atoms with van der Waals surface area (Å²) in [7, 11) is 0. The Morgan fingerprint density at radius 1 is 1.32 bits per heavy atom. The third kappa shape index (κ3) is 6.31. The molecule has 1 aromatic carbocycles. The van der Waals surface area contributed by atoms with E-state index in [1.807, 2.05) is 18.2 Å². The van der Waals surface area contributed by atoms with Crippen LogP contribution in [0, 0.1) is 11.3 Å². The molecule has 0 heterocycles. The molecule has 0 saturated heterocycles. The zero-order valence-corrected chi connectivity index (χ0v) is 13.6. The van der Waals surface area contributed by atoms with E-state index in [9.17, 15) is 0 Å². The predicted octanol–water partition coefficient (Wildman–Crippen LogP) is 5.77. The number of nitrogens with one attached hydrogen (secondary N) is 1. The predicted molar refractivity (Wildman–Crippen MR) is 85.6 cm³/mol. The van der Waals surface area contributed by atoms with Crippen molar-refractivity contribution in [3.8, 4) is 6.07 Å². The van der Waals surface area contributed by atoms with E-state index >= 15 is 0 Å². The number of benzene rings is 1. The number of nitrogens with zero attached hydrogens (tertiary/aromatic N) is 1. The van der Waals surface area contributed by atoms with Gasteiger partial charge in [-0.25, -0.2) is 0 Å². The highest BCUT2D eigenvalue weighted by atomic mass is 79.9. The van der Waals surface area contributed by atoms with Gasteiger partial charge in [0.1, 0.15) is 6.04 Å². The van der Waals surface area contributed by atoms with Gasteiger partial charge in [-0.15, -0.1) is 0 Å². The van der Waals surface area contributed by atoms with Gasteiger partial charge in [-0.3, -0.25) is 0 Å². The van der Waals surface area contributed by atoms with E-state index in [1.54, 1.807) is 0 Å². The molecular formula is C15H20BrClN2. The zero-order valence-electron chi connectivity index (χ0n) is 11.3. The molecule has 0 bridgehead atoms. The maximum absolute atomic E-state index is 9.16. The van der Waals surface area contributed by atoms with Crippen LogP contribution in [0.2, 0.25) is 5.02 Å². The molecular weight excluding hydrogens is 324 g/mol. The fourth-order valence-corrected chi connectivity index (χ4v) is 2.40. The average Bonchev–Trinajstić information content (AvgIpc) is 2.41. The third-order valence-corrected chi connectivity index (χ3v) is 4.23. The summed E-state index contributed by atoms with van der Waals surface area (Å²) in [5.41, 5.74) is 0.927. The lowest BCUT2D eigenvalue weighted by atomic mass is 10.1. The van der Waals surface area contributed by atoms with Crippen LogP contribution in [-0.2, 0) is 0 Å². The van der Waals surface area contributed by atoms with Gasteiger partial charge < -0.3 is 5.32 Å². The Bertz CT molecular complexity index is 429. The third-order valence-electron chi connectivity index (χ3n) is 3.01. The molecule has 0 saturated carbocycles. The van der Waals surface area contributed by atoms with Gasteiger partial charge in [-0.2, -0.15) is 5.26 Å². The summed E-state index contributed by atoms with van der Waals surface area (Å²) in [6, 6.07) is 7.81. The van der Waals surface area contributed by atoms with Crippen molar-refractivity contribution in [2.24, 2.45) is 0 Å². The summed E-state index contributed by atoms with van der Waals surface area (Å²) < 4.78 is 0.846. The summed E-state index contributed by atoms with van der Waals surface area (Å²) in [6.07, 6.45) is 6.99. The number of anilines is 1. The van der Waals surface area contributed by atoms with Gasteiger partial charge in [0, 0.05) is 10.2 Å². The second kappa shape index (κ2) is 9.23. The summed E-state index contributed by atoms with van der Waals surface area (Å²) in [5.74, 6) is 0. The van der Waals surface area contributed by atoms with E-state index in [4.69, 9.17) is 16.9 Å². The van der Waals surface area contributed by atoms with Crippen molar-refractivity contribution in [2.45, 2.75) is 51.5 Å². The van der Waals surface area contributed by atoms with E-state index in [1.165, 1.54) is 25.7 Å². The standard InChI is InChI=1S/C15H20BrClN2/c1-2-3-4-5-6-7-13(11-18)19-12-8-9-15(17)14(16)10-12/h8-10,13,19H,2-7H2,1H3. The Kier molecular flexibility index (Phi) is 7.93. The van der Waals surface area contributed by atoms with E-state index in [2.05, 4.69) is 34.2 Å². The molecule has 104 valence electrons. The molecule has 0 aromatic heterocycles. The van der Waals surface area contributed by atoms with Crippen LogP contribution in [0.25, 0.3) is 0 Å². The molecule has 19 heavy (non-hydrogen) atoms. The van der Waals surface area contributed by atoms with Crippen LogP contribution >= 0.6 is 27.5 Å². The molecule has 2 nitrogen and oxygen atoms in total. The number of rotatable bonds is 8. The maximum Gasteiger partial charge on any atom is 0.114 e. The highest BCUT2D eigenvalue weighted by molar-refractivity contribution is 9.10. The van der Waals surface area contributed by atoms with Crippen molar-refractivity contribution in [2.75, 3.05) is 5.32 Å². The monoisotopic (exact) mass is 342 g/mol. The highest BCUT2D eigenvalue weighted by Gasteiger charge is 2.07. The quantitative estimate of drug-likeness (QED) is 0.608. The normalized spacial score (nSPS) is 11.9. The number of halogens is 2. The minimum Gasteiger partial charge on any atom is -0.370 e. The van der Waals surface area contributed by atoms with Crippen molar-refractivity contribution in [1.29, 1.82) is 5.26 Å². The van der Waals surface area contributed by atoms with E-state index < -0.39 is 0 Å². The van der Waals surface area contributed by atoms with Crippen LogP contribution in [0.5, 0.6) is 0 Å². The topological polar surface area (TPSA) is 35.8 Å². The van der Waals surface area contributed by atoms with Crippen molar-refractivity contribution in [3.05, 3.63) is 27.7 Å². The van der Waals surface area contributed by atoms with Crippen LogP contribution in [0.15, 0.2) is 22.7 Å². The van der Waals surface area contributed by atoms with Crippen molar-refractivity contribution >= 4 is 33.2 Å². The molecule has 1 atom stereocenters. The minimum absolute atomic E-state index is 0.130. The molecule has 0 amide bonds. The number of hydrogen-bond acceptors (Lipinski definition) is 2. The Hall–Kier alpha value is -0.720. The molecule has 1 N–H and O–H groups in total. The molecule has 0 spiro atoms. The van der Waals surface area contributed by atoms with Crippen molar-refractivity contribution < 1.29 is 0 Å². The van der Waals surface area contributed by atoms with E-state index in [-0.39, 0.29) is 6.04 Å². The first-order chi connectivity index (χ1) is 9.17. The molecule has 0 aliphatic heterocycles. The van der Waals surface area contributed by atoms with Crippen LogP contribution in [-0.4, -0.2) is 6.04 Å². The van der Waals surface area contributed by atoms with Crippen LogP contribution in [0.1, 0.15) is 45.4 Å². The second-order valence-electron chi connectivity index (χ2n) is 4.66. The molecule has 1 aromatic rings. The maximum atomic E-state index is 9.16. The van der Waals surface area contributed by atoms with Crippen LogP contribution < -0.4 is 5.32 Å². The van der Waals surface area contributed by atoms with Crippen molar-refractivity contribution in [1.82, 2.24) is 0 Å². The summed E-state index contributed by atoms with van der Waals surface area (Å²) in [6.45, 7) is 2.21. The molecule has 4 heteroatoms. The van der Waals surface area contributed by atoms with Gasteiger partial charge in [-0.1, -0.05) is 50.6 Å². The first-order valence-corrected chi connectivity index (χ1v) is 7.95. The van der Waals surface area contributed by atoms with E-state index in [0.717, 1.165) is 23.0 Å². The molecule has 0 fully saturated rings. The molecule has 1 rings (SSSR count). The SMILES string of the molecule is CCCCCCCC(C#N)Nc1ccc(Cl)c(Br)c1. The first-order valence-electron chi connectivity index (χ1n) is 6.78. The lowest BCUT2D eigenvalue weighted by molar-refractivity contribution is 0.597. The number of nitriles is 1. The summed E-state index contributed by atoms with van der Waals surface area (Å²) in [4.78, 5) is 0. The number of hydrogen-bond donors (Lipinski definition) is 1. The summed E-state index contributed by atoms with van der Waals surface area (Å²) >= 11 is 9.33. The lowest BCUT2D eigenvalue weighted by Crippen LogP contribution is -2.16. The largest absolute Gasteiger partial charge is 0.370 e. The first kappa shape index (κ1) is 16.3. The lowest BCUT2D eigenvalue weighted by Gasteiger charge is -2.13. The minimum atomic E-state index is -0.130. The fraction of sp³-hybridized carbons (Fsp3) is 0.533. The Morgan fingerprint density at radius 3 is 2.68 bits per heavy atom. The molecule has 1 unspecified atom stereocenters. The van der Waals surface area contributed by atoms with Gasteiger partial charge in [-0.05, 0) is 40.5 Å². The van der Waals surface area contributed by atoms with E-state index in [0.29, 0.717) is 5.02 Å². The highest BCUT2D eigenvalue weighted by Crippen LogP contribution is 2.26. The fourth-order valence-electron chi connectivity index (χ4n) is 1.91. The van der Waals surface area contributed by atoms with Gasteiger partial charge in [0.15, 0.2) is 0 Å². The smallest absolute Gasteiger partial charge is 0.114 e. The van der Waals surface area contributed by atoms with Gasteiger partial charge >= 0.3 is 0 Å². The average molecular weight is 344 g/mol. The van der Waals surface area contributed by atoms with Crippen LogP contribution in [0.3, 0.4) is 0 Å². The molecule has 0 radical (unpaired) electrons. The van der Waals surface area contributed by atoms with Gasteiger partial charge in [0.05, 0.1) is 11.1 Å².